The van der Waals surface area contributed by atoms with Crippen LogP contribution in [0.1, 0.15) is 252 Å². The lowest BCUT2D eigenvalue weighted by atomic mass is 9.79. The van der Waals surface area contributed by atoms with Gasteiger partial charge in [0.15, 0.2) is 11.8 Å². The first-order valence-corrected chi connectivity index (χ1v) is 41.0. The smallest absolute Gasteiger partial charge is 0.472 e. The second-order valence-electron chi connectivity index (χ2n) is 28.1. The van der Waals surface area contributed by atoms with Crippen molar-refractivity contribution < 1.29 is 59.9 Å². The number of amides is 1. The van der Waals surface area contributed by atoms with Gasteiger partial charge in [0.25, 0.3) is 0 Å². The van der Waals surface area contributed by atoms with Crippen LogP contribution in [0.4, 0.5) is 11.4 Å². The molecule has 0 saturated carbocycles. The Hall–Kier alpha value is -6.26. The van der Waals surface area contributed by atoms with Crippen molar-refractivity contribution in [2.24, 2.45) is 0 Å². The molecule has 2 unspecified atom stereocenters. The topological polar surface area (TPSA) is 201 Å². The molecule has 4 aromatic carbocycles. The molecule has 0 spiro atoms. The van der Waals surface area contributed by atoms with Gasteiger partial charge in [0, 0.05) is 79.0 Å². The molecule has 0 fully saturated rings. The van der Waals surface area contributed by atoms with Gasteiger partial charge in [-0.3, -0.25) is 23.4 Å². The van der Waals surface area contributed by atoms with Crippen molar-refractivity contribution in [1.29, 1.82) is 0 Å². The normalized spacial score (nSPS) is 15.8. The van der Waals surface area contributed by atoms with Crippen molar-refractivity contribution in [1.82, 2.24) is 5.32 Å². The van der Waals surface area contributed by atoms with Crippen molar-refractivity contribution in [3.63, 3.8) is 0 Å². The van der Waals surface area contributed by atoms with Crippen LogP contribution in [-0.4, -0.2) is 97.3 Å². The van der Waals surface area contributed by atoms with Crippen LogP contribution >= 0.6 is 7.82 Å². The van der Waals surface area contributed by atoms with E-state index in [4.69, 9.17) is 18.5 Å². The minimum Gasteiger partial charge on any atom is -0.748 e. The van der Waals surface area contributed by atoms with Gasteiger partial charge in [0.1, 0.15) is 13.2 Å². The summed E-state index contributed by atoms with van der Waals surface area (Å²) in [6, 6.07) is 25.1. The predicted molar refractivity (Wildman–Crippen MR) is 409 cm³/mol. The average molecular weight is 1410 g/mol. The van der Waals surface area contributed by atoms with E-state index in [2.05, 4.69) is 141 Å². The number of hydrogen-bond acceptors (Lipinski definition) is 12. The number of nitrogens with zero attached hydrogens (tertiary/aromatic N) is 2. The second kappa shape index (κ2) is 45.0. The van der Waals surface area contributed by atoms with Crippen molar-refractivity contribution in [3.8, 4) is 0 Å². The number of hydrogen-bond donors (Lipinski definition) is 2. The molecular formula is C83H120N3O12PS. The highest BCUT2D eigenvalue weighted by atomic mass is 32.2. The lowest BCUT2D eigenvalue weighted by Gasteiger charge is -2.27. The van der Waals surface area contributed by atoms with Crippen molar-refractivity contribution in [3.05, 3.63) is 156 Å². The zero-order valence-electron chi connectivity index (χ0n) is 61.4. The summed E-state index contributed by atoms with van der Waals surface area (Å²) in [4.78, 5) is 52.6. The average Bonchev–Trinajstić information content (AvgIpc) is 1.58. The molecule has 15 nitrogen and oxygen atoms in total. The number of carbonyl (C=O) groups excluding carboxylic acids is 3. The lowest BCUT2D eigenvalue weighted by molar-refractivity contribution is -0.438. The van der Waals surface area contributed by atoms with Gasteiger partial charge in [-0.15, -0.1) is 0 Å². The highest BCUT2D eigenvalue weighted by Crippen LogP contribution is 2.51. The maximum atomic E-state index is 13.6. The van der Waals surface area contributed by atoms with Gasteiger partial charge < -0.3 is 29.1 Å². The van der Waals surface area contributed by atoms with Crippen LogP contribution in [0.15, 0.2) is 145 Å². The summed E-state index contributed by atoms with van der Waals surface area (Å²) in [5.74, 6) is -1.63. The van der Waals surface area contributed by atoms with Crippen LogP contribution in [0, 0.1) is 0 Å². The molecule has 2 aliphatic heterocycles. The molecule has 2 N–H and O–H groups in total. The Morgan fingerprint density at radius 1 is 0.590 bits per heavy atom. The first-order chi connectivity index (χ1) is 48.3. The first kappa shape index (κ1) is 82.7. The molecule has 17 heteroatoms. The van der Waals surface area contributed by atoms with Crippen molar-refractivity contribution >= 4 is 74.4 Å². The minimum atomic E-state index is -4.72. The SMILES string of the molecule is CCCCCCCC/C=C\CCCCCCCC(=O)OCC(COP(=O)(O)OCCNC(=O)CCN1/C(=C/C=C/C=C/C=C/C2=[N+](CCCCS(=O)(=O)[O-])c3ccc4ccccc4c3C2(C)C)C(C)(C)c2c1ccc1ccccc21)OC(=O)CCCCCCC/C=C\CCCCCCCC. The van der Waals surface area contributed by atoms with E-state index in [1.165, 1.54) is 82.6 Å². The number of rotatable bonds is 52. The second-order valence-corrected chi connectivity index (χ2v) is 31.1. The zero-order chi connectivity index (χ0) is 71.9. The summed E-state index contributed by atoms with van der Waals surface area (Å²) in [6.07, 6.45) is 53.0. The summed E-state index contributed by atoms with van der Waals surface area (Å²) in [7, 11) is -9.03. The summed E-state index contributed by atoms with van der Waals surface area (Å²) in [6.45, 7) is 12.9. The molecule has 0 radical (unpaired) electrons. The van der Waals surface area contributed by atoms with Crippen LogP contribution in [0.3, 0.4) is 0 Å². The fraction of sp³-hybridized carbons (Fsp3) is 0.566. The number of carbonyl (C=O) groups is 3. The number of nitrogens with one attached hydrogen (secondary N) is 1. The third-order valence-electron chi connectivity index (χ3n) is 19.2. The van der Waals surface area contributed by atoms with E-state index < -0.39 is 53.8 Å². The van der Waals surface area contributed by atoms with Gasteiger partial charge in [0.05, 0.1) is 28.7 Å². The molecular weight excluding hydrogens is 1290 g/mol. The molecule has 0 saturated heterocycles. The molecule has 2 aliphatic rings. The van der Waals surface area contributed by atoms with Crippen LogP contribution in [-0.2, 0) is 58.4 Å². The number of allylic oxidation sites excluding steroid dienone is 12. The number of benzene rings is 4. The highest BCUT2D eigenvalue weighted by molar-refractivity contribution is 7.85. The third kappa shape index (κ3) is 28.9. The Morgan fingerprint density at radius 2 is 1.11 bits per heavy atom. The van der Waals surface area contributed by atoms with E-state index in [1.807, 2.05) is 54.6 Å². The van der Waals surface area contributed by atoms with E-state index in [-0.39, 0.29) is 56.8 Å². The largest absolute Gasteiger partial charge is 0.748 e. The van der Waals surface area contributed by atoms with E-state index in [9.17, 15) is 36.8 Å². The fourth-order valence-corrected chi connectivity index (χ4v) is 15.1. The lowest BCUT2D eigenvalue weighted by Crippen LogP contribution is -2.33. The van der Waals surface area contributed by atoms with Crippen LogP contribution in [0.5, 0.6) is 0 Å². The Balaban J connectivity index is 0.991. The number of esters is 2. The maximum Gasteiger partial charge on any atom is 0.472 e. The highest BCUT2D eigenvalue weighted by Gasteiger charge is 2.45. The van der Waals surface area contributed by atoms with Gasteiger partial charge in [-0.05, 0) is 130 Å². The first-order valence-electron chi connectivity index (χ1n) is 37.9. The standard InChI is InChI=1S/C83H120N3O12PS/c1-7-9-11-13-15-17-19-21-23-25-27-29-31-36-40-54-78(88)95-66-70(98-79(89)55-41-37-32-30-28-26-24-22-20-18-16-14-12-10-8-2)67-97-99(90,91)96-64-61-84-77(87)60-63-86-74-59-57-69-49-43-45-51-72(69)81(74)83(5,6)76(86)53-39-35-33-34-38-52-75-82(3,4)80-71-50-44-42-48-68(71)56-58-73(80)85(75)62-46-47-65-100(92,93)94/h21-24,33-35,38-39,42-45,48-53,56-59,70H,7-20,25-32,36-37,40-41,46-47,54-55,60-67H2,1-6H3,(H2-,84,87,90,91,92,93,94)/b23-21-,24-22-. The summed E-state index contributed by atoms with van der Waals surface area (Å²) >= 11 is 0. The predicted octanol–water partition coefficient (Wildman–Crippen LogP) is 20.2. The molecule has 2 atom stereocenters. The van der Waals surface area contributed by atoms with Crippen molar-refractivity contribution in [2.75, 3.05) is 50.1 Å². The van der Waals surface area contributed by atoms with E-state index in [0.717, 1.165) is 127 Å². The Kier molecular flexibility index (Phi) is 37.2. The molecule has 2 heterocycles. The minimum absolute atomic E-state index is 0.0817. The monoisotopic (exact) mass is 1410 g/mol. The molecule has 6 rings (SSSR count). The summed E-state index contributed by atoms with van der Waals surface area (Å²) in [5, 5.41) is 7.37. The number of anilines is 1. The van der Waals surface area contributed by atoms with Gasteiger partial charge in [-0.2, -0.15) is 4.58 Å². The Bertz CT molecular complexity index is 3560. The molecule has 0 bridgehead atoms. The van der Waals surface area contributed by atoms with Gasteiger partial charge in [0.2, 0.25) is 11.6 Å². The molecule has 100 heavy (non-hydrogen) atoms. The number of unbranched alkanes of at least 4 members (excludes halogenated alkanes) is 23. The molecule has 1 amide bonds. The van der Waals surface area contributed by atoms with E-state index in [0.29, 0.717) is 32.4 Å². The third-order valence-corrected chi connectivity index (χ3v) is 20.9. The van der Waals surface area contributed by atoms with Crippen molar-refractivity contribution in [2.45, 2.75) is 258 Å². The number of ether oxygens (including phenoxy) is 2. The molecule has 4 aromatic rings. The number of phosphoric acid groups is 1. The maximum absolute atomic E-state index is 13.6. The summed E-state index contributed by atoms with van der Waals surface area (Å²) < 4.78 is 71.8. The Labute approximate surface area is 600 Å². The number of phosphoric ester groups is 1. The van der Waals surface area contributed by atoms with Crippen LogP contribution in [0.25, 0.3) is 21.5 Å². The van der Waals surface area contributed by atoms with Gasteiger partial charge in [-0.25, -0.2) is 13.0 Å². The zero-order valence-corrected chi connectivity index (χ0v) is 63.1. The molecule has 550 valence electrons. The van der Waals surface area contributed by atoms with Crippen LogP contribution in [0.2, 0.25) is 0 Å². The summed E-state index contributed by atoms with van der Waals surface area (Å²) in [5.41, 5.74) is 5.69. The quantitative estimate of drug-likeness (QED) is 0.00805. The van der Waals surface area contributed by atoms with Gasteiger partial charge >= 0.3 is 19.8 Å². The van der Waals surface area contributed by atoms with E-state index in [1.54, 1.807) is 0 Å². The van der Waals surface area contributed by atoms with Crippen LogP contribution < -0.4 is 10.2 Å². The van der Waals surface area contributed by atoms with Gasteiger partial charge in [-0.1, -0.05) is 240 Å². The van der Waals surface area contributed by atoms with E-state index >= 15 is 0 Å². The molecule has 0 aromatic heterocycles. The molecule has 0 aliphatic carbocycles. The Morgan fingerprint density at radius 3 is 1.70 bits per heavy atom. The number of fused-ring (bicyclic) bond motifs is 6. The fourth-order valence-electron chi connectivity index (χ4n) is 13.8.